The van der Waals surface area contributed by atoms with Crippen molar-refractivity contribution < 1.29 is 4.79 Å². The number of nitrogens with one attached hydrogen (secondary N) is 3. The molecule has 42 heavy (non-hydrogen) atoms. The van der Waals surface area contributed by atoms with Crippen LogP contribution in [0, 0.1) is 46.3 Å². The average molecular weight is 590 g/mol. The third kappa shape index (κ3) is 6.23. The Morgan fingerprint density at radius 2 is 1.83 bits per heavy atom. The molecule has 4 bridgehead atoms. The Kier molecular flexibility index (Phi) is 8.61. The molecular weight excluding hydrogens is 546 g/mol. The molecule has 1 amide bonds. The normalized spacial score (nSPS) is 31.4. The van der Waals surface area contributed by atoms with Crippen LogP contribution >= 0.6 is 11.6 Å². The van der Waals surface area contributed by atoms with Crippen molar-refractivity contribution in [3.8, 4) is 6.07 Å². The van der Waals surface area contributed by atoms with Crippen LogP contribution in [-0.4, -0.2) is 54.0 Å². The molecule has 5 atom stereocenters. The van der Waals surface area contributed by atoms with Crippen molar-refractivity contribution in [1.29, 1.82) is 5.26 Å². The van der Waals surface area contributed by atoms with Gasteiger partial charge in [0.05, 0.1) is 6.20 Å². The summed E-state index contributed by atoms with van der Waals surface area (Å²) in [5.41, 5.74) is 1.72. The predicted molar refractivity (Wildman–Crippen MR) is 166 cm³/mol. The molecule has 1 aromatic carbocycles. The second-order valence-electron chi connectivity index (χ2n) is 13.7. The van der Waals surface area contributed by atoms with Crippen molar-refractivity contribution in [1.82, 2.24) is 20.2 Å². The fourth-order valence-corrected chi connectivity index (χ4v) is 9.00. The number of nitrogens with zero attached hydrogens (tertiary/aromatic N) is 4. The van der Waals surface area contributed by atoms with E-state index in [4.69, 9.17) is 16.6 Å². The van der Waals surface area contributed by atoms with Gasteiger partial charge in [0.1, 0.15) is 17.5 Å². The predicted octanol–water partition coefficient (Wildman–Crippen LogP) is 5.70. The zero-order valence-corrected chi connectivity index (χ0v) is 25.7. The van der Waals surface area contributed by atoms with Gasteiger partial charge in [-0.15, -0.1) is 0 Å². The second kappa shape index (κ2) is 12.4. The molecule has 5 fully saturated rings. The number of rotatable bonds is 10. The first-order valence-corrected chi connectivity index (χ1v) is 16.1. The summed E-state index contributed by atoms with van der Waals surface area (Å²) in [6.07, 6.45) is 12.4. The largest absolute Gasteiger partial charge is 0.368 e. The number of nitriles is 1. The lowest BCUT2D eigenvalue weighted by molar-refractivity contribution is -0.134. The first kappa shape index (κ1) is 29.2. The van der Waals surface area contributed by atoms with E-state index in [1.165, 1.54) is 32.1 Å². The van der Waals surface area contributed by atoms with E-state index >= 15 is 0 Å². The summed E-state index contributed by atoms with van der Waals surface area (Å²) in [6.45, 7) is 2.46. The number of carbonyl (C=O) groups is 1. The van der Waals surface area contributed by atoms with Crippen LogP contribution in [0.3, 0.4) is 0 Å². The summed E-state index contributed by atoms with van der Waals surface area (Å²) >= 11 is 6.31. The van der Waals surface area contributed by atoms with E-state index in [2.05, 4.69) is 27.0 Å². The van der Waals surface area contributed by atoms with Gasteiger partial charge in [-0.25, -0.2) is 4.98 Å². The number of aromatic nitrogens is 2. The lowest BCUT2D eigenvalue weighted by atomic mass is 9.48. The topological polar surface area (TPSA) is 106 Å². The van der Waals surface area contributed by atoms with Crippen molar-refractivity contribution in [2.45, 2.75) is 70.4 Å². The van der Waals surface area contributed by atoms with Gasteiger partial charge >= 0.3 is 0 Å². The van der Waals surface area contributed by atoms with Crippen LogP contribution in [0.4, 0.5) is 11.8 Å². The molecule has 3 N–H and O–H groups in total. The van der Waals surface area contributed by atoms with Crippen molar-refractivity contribution in [2.75, 3.05) is 37.8 Å². The van der Waals surface area contributed by atoms with Crippen LogP contribution in [-0.2, 0) is 11.3 Å². The Balaban J connectivity index is 1.04. The Hall–Kier alpha value is -2.89. The molecule has 2 aromatic rings. The van der Waals surface area contributed by atoms with E-state index in [1.807, 2.05) is 38.4 Å². The average Bonchev–Trinajstić information content (AvgIpc) is 2.99. The zero-order chi connectivity index (χ0) is 29.3. The molecule has 7 rings (SSSR count). The SMILES string of the molecule is CN(C)C(=O)[C@H]1CC[C@@H](CN[C@@H]2[C@@H]3CC4C[C@H]2C[C@@](CNc2nc(NCc5ccccc5Cl)ncc2C#N)(C4)C3)CC1. The van der Waals surface area contributed by atoms with Gasteiger partial charge in [0, 0.05) is 44.2 Å². The van der Waals surface area contributed by atoms with Gasteiger partial charge in [-0.05, 0) is 105 Å². The summed E-state index contributed by atoms with van der Waals surface area (Å²) in [6, 6.07) is 10.6. The molecule has 0 radical (unpaired) electrons. The van der Waals surface area contributed by atoms with E-state index in [-0.39, 0.29) is 11.3 Å². The van der Waals surface area contributed by atoms with E-state index in [0.717, 1.165) is 62.1 Å². The Morgan fingerprint density at radius 3 is 2.52 bits per heavy atom. The second-order valence-corrected chi connectivity index (χ2v) is 14.1. The van der Waals surface area contributed by atoms with E-state index in [0.29, 0.717) is 46.8 Å². The maximum Gasteiger partial charge on any atom is 0.225 e. The Labute approximate surface area is 255 Å². The molecule has 5 aliphatic rings. The molecule has 224 valence electrons. The monoisotopic (exact) mass is 589 g/mol. The molecule has 5 saturated carbocycles. The Bertz CT molecular complexity index is 1300. The first-order valence-electron chi connectivity index (χ1n) is 15.8. The molecule has 0 saturated heterocycles. The third-order valence-corrected chi connectivity index (χ3v) is 11.0. The van der Waals surface area contributed by atoms with E-state index < -0.39 is 0 Å². The number of anilines is 2. The van der Waals surface area contributed by atoms with Crippen LogP contribution in [0.15, 0.2) is 30.5 Å². The fourth-order valence-electron chi connectivity index (χ4n) is 8.79. The molecule has 1 heterocycles. The van der Waals surface area contributed by atoms with Crippen LogP contribution < -0.4 is 16.0 Å². The highest BCUT2D eigenvalue weighted by molar-refractivity contribution is 6.31. The van der Waals surface area contributed by atoms with Gasteiger partial charge in [-0.2, -0.15) is 10.2 Å². The summed E-state index contributed by atoms with van der Waals surface area (Å²) in [4.78, 5) is 23.2. The fraction of sp³-hybridized carbons (Fsp3) is 0.636. The lowest BCUT2D eigenvalue weighted by Crippen LogP contribution is -2.60. The molecule has 0 spiro atoms. The van der Waals surface area contributed by atoms with Crippen LogP contribution in [0.1, 0.15) is 68.9 Å². The first-order chi connectivity index (χ1) is 20.3. The smallest absolute Gasteiger partial charge is 0.225 e. The summed E-state index contributed by atoms with van der Waals surface area (Å²) in [7, 11) is 3.75. The lowest BCUT2D eigenvalue weighted by Gasteiger charge is -2.60. The molecule has 8 nitrogen and oxygen atoms in total. The highest BCUT2D eigenvalue weighted by Crippen LogP contribution is 2.60. The minimum Gasteiger partial charge on any atom is -0.368 e. The van der Waals surface area contributed by atoms with Crippen molar-refractivity contribution in [3.63, 3.8) is 0 Å². The number of hydrogen-bond acceptors (Lipinski definition) is 7. The minimum absolute atomic E-state index is 0.218. The van der Waals surface area contributed by atoms with Crippen molar-refractivity contribution in [2.24, 2.45) is 35.0 Å². The summed E-state index contributed by atoms with van der Waals surface area (Å²) in [5.74, 6) is 4.56. The number of carbonyl (C=O) groups excluding carboxylic acids is 1. The summed E-state index contributed by atoms with van der Waals surface area (Å²) < 4.78 is 0. The van der Waals surface area contributed by atoms with Gasteiger partial charge in [-0.3, -0.25) is 4.79 Å². The number of hydrogen-bond donors (Lipinski definition) is 3. The highest BCUT2D eigenvalue weighted by Gasteiger charge is 2.55. The van der Waals surface area contributed by atoms with Crippen LogP contribution in [0.2, 0.25) is 5.02 Å². The van der Waals surface area contributed by atoms with Crippen LogP contribution in [0.5, 0.6) is 0 Å². The molecule has 1 unspecified atom stereocenters. The number of amides is 1. The quantitative estimate of drug-likeness (QED) is 0.326. The van der Waals surface area contributed by atoms with Gasteiger partial charge in [0.2, 0.25) is 11.9 Å². The van der Waals surface area contributed by atoms with Crippen LogP contribution in [0.25, 0.3) is 0 Å². The Morgan fingerprint density at radius 1 is 1.10 bits per heavy atom. The molecule has 9 heteroatoms. The summed E-state index contributed by atoms with van der Waals surface area (Å²) in [5, 5.41) is 21.4. The highest BCUT2D eigenvalue weighted by atomic mass is 35.5. The molecular formula is C33H44ClN7O. The minimum atomic E-state index is 0.218. The maximum absolute atomic E-state index is 12.4. The molecule has 1 aromatic heterocycles. The number of benzene rings is 1. The van der Waals surface area contributed by atoms with E-state index in [1.54, 1.807) is 11.1 Å². The van der Waals surface area contributed by atoms with E-state index in [9.17, 15) is 10.1 Å². The van der Waals surface area contributed by atoms with Gasteiger partial charge in [0.15, 0.2) is 0 Å². The molecule has 0 aliphatic heterocycles. The zero-order valence-electron chi connectivity index (χ0n) is 24.9. The van der Waals surface area contributed by atoms with Gasteiger partial charge in [0.25, 0.3) is 0 Å². The van der Waals surface area contributed by atoms with Crippen molar-refractivity contribution in [3.05, 3.63) is 46.6 Å². The van der Waals surface area contributed by atoms with Gasteiger partial charge in [-0.1, -0.05) is 29.8 Å². The maximum atomic E-state index is 12.4. The number of halogens is 1. The van der Waals surface area contributed by atoms with Crippen molar-refractivity contribution >= 4 is 29.3 Å². The third-order valence-electron chi connectivity index (χ3n) is 10.6. The molecule has 5 aliphatic carbocycles. The standard InChI is InChI=1S/C33H44ClN7O/c1-41(2)31(42)23-9-7-21(8-10-23)17-36-29-25-11-22-12-26(29)15-33(13-22,14-25)20-39-30-27(16-35)19-38-32(40-30)37-18-24-5-3-4-6-28(24)34/h3-6,19,21-23,25-26,29,36H,7-15,17-18,20H2,1-2H3,(H2,37,38,39,40)/t21-,22?,23+,25-,26+,29-,33-. The van der Waals surface area contributed by atoms with Gasteiger partial charge < -0.3 is 20.9 Å².